The zero-order valence-electron chi connectivity index (χ0n) is 10.1. The van der Waals surface area contributed by atoms with Gasteiger partial charge in [-0.3, -0.25) is 4.57 Å². The Morgan fingerprint density at radius 1 is 1.11 bits per heavy atom. The molecule has 2 nitrogen and oxygen atoms in total. The number of benzene rings is 2. The predicted octanol–water partition coefficient (Wildman–Crippen LogP) is 4.27. The quantitative estimate of drug-likeness (QED) is 0.658. The highest BCUT2D eigenvalue weighted by Gasteiger charge is 2.11. The molecule has 0 aliphatic rings. The number of hydrogen-bond donors (Lipinski definition) is 1. The van der Waals surface area contributed by atoms with Gasteiger partial charge in [0.1, 0.15) is 11.6 Å². The molecule has 3 aromatic rings. The van der Waals surface area contributed by atoms with Gasteiger partial charge in [-0.1, -0.05) is 6.07 Å². The second-order valence-corrected chi connectivity index (χ2v) is 4.77. The molecule has 5 heteroatoms. The molecule has 19 heavy (non-hydrogen) atoms. The number of aryl methyl sites for hydroxylation is 1. The van der Waals surface area contributed by atoms with Crippen molar-refractivity contribution in [3.05, 3.63) is 58.4 Å². The van der Waals surface area contributed by atoms with Gasteiger partial charge in [0.2, 0.25) is 0 Å². The Morgan fingerprint density at radius 3 is 2.63 bits per heavy atom. The number of aromatic nitrogens is 2. The van der Waals surface area contributed by atoms with E-state index in [0.717, 1.165) is 5.56 Å². The SMILES string of the molecule is Cc1ccc(-n2c(=S)[nH]c3cc(F)ccc32)c(F)c1. The van der Waals surface area contributed by atoms with Crippen molar-refractivity contribution in [1.82, 2.24) is 9.55 Å². The molecule has 2 aromatic carbocycles. The summed E-state index contributed by atoms with van der Waals surface area (Å²) in [5.74, 6) is -0.721. The monoisotopic (exact) mass is 276 g/mol. The van der Waals surface area contributed by atoms with E-state index in [-0.39, 0.29) is 11.6 Å². The summed E-state index contributed by atoms with van der Waals surface area (Å²) in [6.07, 6.45) is 0. The lowest BCUT2D eigenvalue weighted by Crippen LogP contribution is -1.98. The minimum atomic E-state index is -0.361. The van der Waals surface area contributed by atoms with Crippen molar-refractivity contribution in [3.8, 4) is 5.69 Å². The van der Waals surface area contributed by atoms with Gasteiger partial charge in [0, 0.05) is 0 Å². The van der Waals surface area contributed by atoms with E-state index < -0.39 is 0 Å². The molecule has 0 amide bonds. The average molecular weight is 276 g/mol. The van der Waals surface area contributed by atoms with Crippen molar-refractivity contribution in [2.75, 3.05) is 0 Å². The number of aromatic amines is 1. The highest BCUT2D eigenvalue weighted by molar-refractivity contribution is 7.71. The van der Waals surface area contributed by atoms with E-state index in [9.17, 15) is 8.78 Å². The predicted molar refractivity (Wildman–Crippen MR) is 73.1 cm³/mol. The molecular weight excluding hydrogens is 266 g/mol. The van der Waals surface area contributed by atoms with Crippen molar-refractivity contribution in [1.29, 1.82) is 0 Å². The number of imidazole rings is 1. The van der Waals surface area contributed by atoms with Crippen molar-refractivity contribution in [3.63, 3.8) is 0 Å². The standard InChI is InChI=1S/C14H10F2N2S/c1-8-2-4-12(10(16)6-8)18-13-5-3-9(15)7-11(13)17-14(18)19/h2-7H,1H3,(H,17,19). The van der Waals surface area contributed by atoms with Gasteiger partial charge < -0.3 is 4.98 Å². The van der Waals surface area contributed by atoms with Crippen LogP contribution in [0.15, 0.2) is 36.4 Å². The molecule has 0 aliphatic carbocycles. The third kappa shape index (κ3) is 1.96. The first-order chi connectivity index (χ1) is 9.06. The van der Waals surface area contributed by atoms with Crippen LogP contribution in [0.1, 0.15) is 5.56 Å². The van der Waals surface area contributed by atoms with E-state index in [2.05, 4.69) is 4.98 Å². The van der Waals surface area contributed by atoms with Crippen LogP contribution in [-0.4, -0.2) is 9.55 Å². The van der Waals surface area contributed by atoms with E-state index in [1.807, 2.05) is 13.0 Å². The van der Waals surface area contributed by atoms with Crippen molar-refractivity contribution >= 4 is 23.3 Å². The summed E-state index contributed by atoms with van der Waals surface area (Å²) in [4.78, 5) is 2.88. The first-order valence-electron chi connectivity index (χ1n) is 5.73. The van der Waals surface area contributed by atoms with Crippen molar-refractivity contribution in [2.24, 2.45) is 0 Å². The van der Waals surface area contributed by atoms with Gasteiger partial charge in [0.15, 0.2) is 4.77 Å². The molecule has 0 saturated carbocycles. The average Bonchev–Trinajstić information content (AvgIpc) is 2.65. The Hall–Kier alpha value is -2.01. The molecule has 0 spiro atoms. The normalized spacial score (nSPS) is 11.1. The van der Waals surface area contributed by atoms with Crippen LogP contribution in [0.25, 0.3) is 16.7 Å². The minimum Gasteiger partial charge on any atom is -0.330 e. The number of rotatable bonds is 1. The fraction of sp³-hybridized carbons (Fsp3) is 0.0714. The molecule has 0 radical (unpaired) electrons. The number of nitrogens with zero attached hydrogens (tertiary/aromatic N) is 1. The Balaban J connectivity index is 2.36. The molecule has 1 aromatic heterocycles. The lowest BCUT2D eigenvalue weighted by atomic mass is 10.2. The van der Waals surface area contributed by atoms with E-state index >= 15 is 0 Å². The highest BCUT2D eigenvalue weighted by atomic mass is 32.1. The van der Waals surface area contributed by atoms with Gasteiger partial charge in [-0.2, -0.15) is 0 Å². The number of fused-ring (bicyclic) bond motifs is 1. The fourth-order valence-electron chi connectivity index (χ4n) is 2.12. The third-order valence-corrected chi connectivity index (χ3v) is 3.27. The van der Waals surface area contributed by atoms with Gasteiger partial charge in [-0.05, 0) is 55.0 Å². The minimum absolute atomic E-state index is 0.336. The second kappa shape index (κ2) is 4.28. The summed E-state index contributed by atoms with van der Waals surface area (Å²) in [7, 11) is 0. The lowest BCUT2D eigenvalue weighted by Gasteiger charge is -2.06. The molecule has 1 heterocycles. The maximum absolute atomic E-state index is 14.0. The number of hydrogen-bond acceptors (Lipinski definition) is 1. The Bertz CT molecular complexity index is 833. The third-order valence-electron chi connectivity index (χ3n) is 2.99. The molecule has 0 bridgehead atoms. The molecule has 3 rings (SSSR count). The van der Waals surface area contributed by atoms with Gasteiger partial charge in [-0.25, -0.2) is 8.78 Å². The van der Waals surface area contributed by atoms with Gasteiger partial charge >= 0.3 is 0 Å². The van der Waals surface area contributed by atoms with Gasteiger partial charge in [0.25, 0.3) is 0 Å². The van der Waals surface area contributed by atoms with Gasteiger partial charge in [0.05, 0.1) is 16.7 Å². The maximum atomic E-state index is 14.0. The Kier molecular flexibility index (Phi) is 2.71. The first-order valence-corrected chi connectivity index (χ1v) is 6.14. The summed E-state index contributed by atoms with van der Waals surface area (Å²) in [5, 5.41) is 0. The summed E-state index contributed by atoms with van der Waals surface area (Å²) in [5.41, 5.74) is 2.38. The summed E-state index contributed by atoms with van der Waals surface area (Å²) < 4.78 is 29.1. The second-order valence-electron chi connectivity index (χ2n) is 4.38. The summed E-state index contributed by atoms with van der Waals surface area (Å²) in [6, 6.07) is 9.16. The molecule has 0 unspecified atom stereocenters. The van der Waals surface area contributed by atoms with E-state index in [1.165, 1.54) is 18.2 Å². The van der Waals surface area contributed by atoms with Crippen LogP contribution in [0.2, 0.25) is 0 Å². The zero-order chi connectivity index (χ0) is 13.6. The Labute approximate surface area is 113 Å². The Morgan fingerprint density at radius 2 is 1.89 bits per heavy atom. The number of halogens is 2. The number of nitrogens with one attached hydrogen (secondary N) is 1. The molecule has 0 saturated heterocycles. The van der Waals surface area contributed by atoms with Crippen LogP contribution in [0, 0.1) is 23.3 Å². The van der Waals surface area contributed by atoms with Crippen LogP contribution in [0.3, 0.4) is 0 Å². The smallest absolute Gasteiger partial charge is 0.182 e. The number of H-pyrrole nitrogens is 1. The molecule has 0 atom stereocenters. The van der Waals surface area contributed by atoms with Crippen molar-refractivity contribution < 1.29 is 8.78 Å². The molecule has 1 N–H and O–H groups in total. The van der Waals surface area contributed by atoms with E-state index in [4.69, 9.17) is 12.2 Å². The van der Waals surface area contributed by atoms with Crippen LogP contribution in [-0.2, 0) is 0 Å². The lowest BCUT2D eigenvalue weighted by molar-refractivity contribution is 0.617. The van der Waals surface area contributed by atoms with Crippen molar-refractivity contribution in [2.45, 2.75) is 6.92 Å². The van der Waals surface area contributed by atoms with Crippen LogP contribution in [0.4, 0.5) is 8.78 Å². The largest absolute Gasteiger partial charge is 0.330 e. The highest BCUT2D eigenvalue weighted by Crippen LogP contribution is 2.22. The van der Waals surface area contributed by atoms with Crippen LogP contribution in [0.5, 0.6) is 0 Å². The molecular formula is C14H10F2N2S. The van der Waals surface area contributed by atoms with Crippen LogP contribution < -0.4 is 0 Å². The zero-order valence-corrected chi connectivity index (χ0v) is 10.9. The van der Waals surface area contributed by atoms with Crippen LogP contribution >= 0.6 is 12.2 Å². The first kappa shape index (κ1) is 12.0. The summed E-state index contributed by atoms with van der Waals surface area (Å²) >= 11 is 5.19. The fourth-order valence-corrected chi connectivity index (χ4v) is 2.42. The summed E-state index contributed by atoms with van der Waals surface area (Å²) in [6.45, 7) is 1.82. The van der Waals surface area contributed by atoms with E-state index in [0.29, 0.717) is 21.5 Å². The van der Waals surface area contributed by atoms with E-state index in [1.54, 1.807) is 16.7 Å². The molecule has 96 valence electrons. The van der Waals surface area contributed by atoms with Gasteiger partial charge in [-0.15, -0.1) is 0 Å². The molecule has 0 aliphatic heterocycles. The molecule has 0 fully saturated rings. The maximum Gasteiger partial charge on any atom is 0.182 e. The topological polar surface area (TPSA) is 20.7 Å².